The number of hydrogen-bond donors (Lipinski definition) is 1. The zero-order valence-corrected chi connectivity index (χ0v) is 10.3. The average molecular weight is 239 g/mol. The van der Waals surface area contributed by atoms with Crippen molar-refractivity contribution in [3.8, 4) is 6.07 Å². The largest absolute Gasteiger partial charge is 0.376 e. The van der Waals surface area contributed by atoms with Crippen LogP contribution in [-0.4, -0.2) is 24.1 Å². The van der Waals surface area contributed by atoms with E-state index in [0.717, 1.165) is 11.4 Å². The summed E-state index contributed by atoms with van der Waals surface area (Å²) in [5, 5.41) is 12.1. The Morgan fingerprint density at radius 3 is 2.61 bits per heavy atom. The van der Waals surface area contributed by atoms with Crippen molar-refractivity contribution in [2.45, 2.75) is 0 Å². The number of nitriles is 1. The summed E-state index contributed by atoms with van der Waals surface area (Å²) < 4.78 is 0. The van der Waals surface area contributed by atoms with E-state index in [4.69, 9.17) is 5.26 Å². The highest BCUT2D eigenvalue weighted by atomic mass is 15.1. The maximum absolute atomic E-state index is 8.97. The van der Waals surface area contributed by atoms with Gasteiger partial charge in [-0.25, -0.2) is 9.97 Å². The smallest absolute Gasteiger partial charge is 0.183 e. The number of para-hydroxylation sites is 2. The molecule has 0 spiro atoms. The van der Waals surface area contributed by atoms with Crippen LogP contribution >= 0.6 is 0 Å². The van der Waals surface area contributed by atoms with Crippen LogP contribution in [0.4, 0.5) is 17.2 Å². The molecule has 2 rings (SSSR count). The summed E-state index contributed by atoms with van der Waals surface area (Å²) in [7, 11) is 3.92. The predicted octanol–water partition coefficient (Wildman–Crippen LogP) is 2.16. The van der Waals surface area contributed by atoms with Crippen molar-refractivity contribution < 1.29 is 0 Å². The zero-order chi connectivity index (χ0) is 13.0. The Labute approximate surface area is 106 Å². The monoisotopic (exact) mass is 239 g/mol. The molecule has 0 aliphatic heterocycles. The van der Waals surface area contributed by atoms with Gasteiger partial charge in [0.2, 0.25) is 0 Å². The molecule has 18 heavy (non-hydrogen) atoms. The summed E-state index contributed by atoms with van der Waals surface area (Å²) in [4.78, 5) is 10.1. The fourth-order valence-corrected chi connectivity index (χ4v) is 1.61. The molecule has 0 unspecified atom stereocenters. The third-order valence-electron chi connectivity index (χ3n) is 2.44. The van der Waals surface area contributed by atoms with Gasteiger partial charge in [0.05, 0.1) is 11.4 Å². The van der Waals surface area contributed by atoms with E-state index in [1.165, 1.54) is 6.20 Å². The summed E-state index contributed by atoms with van der Waals surface area (Å²) in [6.45, 7) is 0. The van der Waals surface area contributed by atoms with E-state index in [2.05, 4.69) is 15.3 Å². The first-order valence-electron chi connectivity index (χ1n) is 5.47. The van der Waals surface area contributed by atoms with Crippen molar-refractivity contribution >= 4 is 17.2 Å². The number of anilines is 3. The van der Waals surface area contributed by atoms with E-state index in [1.54, 1.807) is 6.20 Å². The Hall–Kier alpha value is -2.61. The van der Waals surface area contributed by atoms with E-state index < -0.39 is 0 Å². The zero-order valence-electron chi connectivity index (χ0n) is 10.3. The molecule has 1 aromatic carbocycles. The second kappa shape index (κ2) is 5.15. The maximum atomic E-state index is 8.97. The standard InChI is InChI=1S/C13H13N5/c1-18(2)12-6-4-3-5-10(12)17-13-11(9-14)15-7-8-16-13/h3-8H,1-2H3,(H,16,17). The summed E-state index contributed by atoms with van der Waals surface area (Å²) in [6, 6.07) is 9.83. The van der Waals surface area contributed by atoms with Crippen LogP contribution in [0.2, 0.25) is 0 Å². The van der Waals surface area contributed by atoms with E-state index in [0.29, 0.717) is 5.82 Å². The van der Waals surface area contributed by atoms with Crippen molar-refractivity contribution in [2.75, 3.05) is 24.3 Å². The van der Waals surface area contributed by atoms with Gasteiger partial charge in [-0.3, -0.25) is 0 Å². The highest BCUT2D eigenvalue weighted by Gasteiger charge is 2.08. The minimum absolute atomic E-state index is 0.283. The van der Waals surface area contributed by atoms with Crippen LogP contribution in [0, 0.1) is 11.3 Å². The van der Waals surface area contributed by atoms with Gasteiger partial charge in [0, 0.05) is 26.5 Å². The SMILES string of the molecule is CN(C)c1ccccc1Nc1nccnc1C#N. The van der Waals surface area contributed by atoms with Gasteiger partial charge in [0.15, 0.2) is 11.5 Å². The Morgan fingerprint density at radius 2 is 1.89 bits per heavy atom. The van der Waals surface area contributed by atoms with E-state index in [9.17, 15) is 0 Å². The molecule has 1 aromatic heterocycles. The van der Waals surface area contributed by atoms with Gasteiger partial charge in [-0.2, -0.15) is 5.26 Å². The van der Waals surface area contributed by atoms with Crippen LogP contribution in [0.1, 0.15) is 5.69 Å². The molecule has 0 saturated heterocycles. The lowest BCUT2D eigenvalue weighted by Crippen LogP contribution is -2.11. The molecule has 1 heterocycles. The maximum Gasteiger partial charge on any atom is 0.183 e. The summed E-state index contributed by atoms with van der Waals surface area (Å²) in [6.07, 6.45) is 3.06. The highest BCUT2D eigenvalue weighted by molar-refractivity contribution is 5.74. The molecule has 1 N–H and O–H groups in total. The van der Waals surface area contributed by atoms with Crippen molar-refractivity contribution in [3.05, 3.63) is 42.4 Å². The molecule has 90 valence electrons. The molecule has 5 heteroatoms. The topological polar surface area (TPSA) is 64.8 Å². The lowest BCUT2D eigenvalue weighted by Gasteiger charge is -2.18. The van der Waals surface area contributed by atoms with Gasteiger partial charge in [0.25, 0.3) is 0 Å². The van der Waals surface area contributed by atoms with Crippen LogP contribution in [0.3, 0.4) is 0 Å². The van der Waals surface area contributed by atoms with Crippen LogP contribution in [0.25, 0.3) is 0 Å². The number of aromatic nitrogens is 2. The Bertz CT molecular complexity index is 586. The number of rotatable bonds is 3. The van der Waals surface area contributed by atoms with Gasteiger partial charge in [-0.1, -0.05) is 12.1 Å². The highest BCUT2D eigenvalue weighted by Crippen LogP contribution is 2.26. The van der Waals surface area contributed by atoms with Gasteiger partial charge >= 0.3 is 0 Å². The molecule has 0 fully saturated rings. The molecular formula is C13H13N5. The molecule has 0 bridgehead atoms. The van der Waals surface area contributed by atoms with Crippen LogP contribution in [-0.2, 0) is 0 Å². The molecule has 2 aromatic rings. The lowest BCUT2D eigenvalue weighted by molar-refractivity contribution is 1.12. The minimum Gasteiger partial charge on any atom is -0.376 e. The number of nitrogens with one attached hydrogen (secondary N) is 1. The van der Waals surface area contributed by atoms with Crippen molar-refractivity contribution in [1.29, 1.82) is 5.26 Å². The molecule has 0 atom stereocenters. The minimum atomic E-state index is 0.283. The molecular weight excluding hydrogens is 226 g/mol. The van der Waals surface area contributed by atoms with Crippen LogP contribution < -0.4 is 10.2 Å². The molecule has 0 saturated carbocycles. The lowest BCUT2D eigenvalue weighted by atomic mass is 10.2. The molecule has 5 nitrogen and oxygen atoms in total. The van der Waals surface area contributed by atoms with Crippen molar-refractivity contribution in [1.82, 2.24) is 9.97 Å². The first kappa shape index (κ1) is 11.9. The van der Waals surface area contributed by atoms with E-state index in [-0.39, 0.29) is 5.69 Å². The van der Waals surface area contributed by atoms with Gasteiger partial charge in [-0.15, -0.1) is 0 Å². The first-order valence-corrected chi connectivity index (χ1v) is 5.47. The number of benzene rings is 1. The second-order valence-electron chi connectivity index (χ2n) is 3.90. The Kier molecular flexibility index (Phi) is 3.39. The van der Waals surface area contributed by atoms with Crippen molar-refractivity contribution in [3.63, 3.8) is 0 Å². The van der Waals surface area contributed by atoms with Crippen LogP contribution in [0.5, 0.6) is 0 Å². The van der Waals surface area contributed by atoms with Gasteiger partial charge in [-0.05, 0) is 12.1 Å². The third kappa shape index (κ3) is 2.38. The molecule has 0 amide bonds. The summed E-state index contributed by atoms with van der Waals surface area (Å²) in [5.74, 6) is 0.467. The predicted molar refractivity (Wildman–Crippen MR) is 70.8 cm³/mol. The molecule has 0 aliphatic rings. The third-order valence-corrected chi connectivity index (χ3v) is 2.44. The van der Waals surface area contributed by atoms with E-state index >= 15 is 0 Å². The number of nitrogens with zero attached hydrogens (tertiary/aromatic N) is 4. The average Bonchev–Trinajstić information content (AvgIpc) is 2.40. The van der Waals surface area contributed by atoms with Crippen molar-refractivity contribution in [2.24, 2.45) is 0 Å². The summed E-state index contributed by atoms with van der Waals surface area (Å²) >= 11 is 0. The normalized spacial score (nSPS) is 9.61. The van der Waals surface area contributed by atoms with Gasteiger partial charge < -0.3 is 10.2 Å². The fraction of sp³-hybridized carbons (Fsp3) is 0.154. The van der Waals surface area contributed by atoms with E-state index in [1.807, 2.05) is 49.3 Å². The van der Waals surface area contributed by atoms with Gasteiger partial charge in [0.1, 0.15) is 6.07 Å². The fourth-order valence-electron chi connectivity index (χ4n) is 1.61. The van der Waals surface area contributed by atoms with Crippen LogP contribution in [0.15, 0.2) is 36.7 Å². The summed E-state index contributed by atoms with van der Waals surface area (Å²) in [5.41, 5.74) is 2.19. The second-order valence-corrected chi connectivity index (χ2v) is 3.90. The quantitative estimate of drug-likeness (QED) is 0.889. The Balaban J connectivity index is 2.38. The first-order chi connectivity index (χ1) is 8.72. The molecule has 0 radical (unpaired) electrons. The Morgan fingerprint density at radius 1 is 1.17 bits per heavy atom. The number of hydrogen-bond acceptors (Lipinski definition) is 5. The molecule has 0 aliphatic carbocycles.